The molecule has 4 rings (SSSR count). The van der Waals surface area contributed by atoms with Crippen molar-refractivity contribution in [3.63, 3.8) is 0 Å². The van der Waals surface area contributed by atoms with Crippen molar-refractivity contribution in [1.29, 1.82) is 5.26 Å². The summed E-state index contributed by atoms with van der Waals surface area (Å²) in [4.78, 5) is 14.3. The third kappa shape index (κ3) is 1.45. The molecule has 0 bridgehead atoms. The molecule has 2 heterocycles. The van der Waals surface area contributed by atoms with Crippen molar-refractivity contribution < 1.29 is 4.79 Å². The monoisotopic (exact) mass is 274 g/mol. The van der Waals surface area contributed by atoms with Crippen LogP contribution in [0.1, 0.15) is 24.8 Å². The van der Waals surface area contributed by atoms with E-state index in [1.807, 2.05) is 48.5 Å². The highest BCUT2D eigenvalue weighted by Crippen LogP contribution is 2.51. The number of para-hydroxylation sites is 1. The molecule has 1 saturated heterocycles. The summed E-state index contributed by atoms with van der Waals surface area (Å²) in [6.07, 6.45) is 1.97. The molecule has 0 aromatic heterocycles. The number of nitrogens with zero attached hydrogens (tertiary/aromatic N) is 2. The first kappa shape index (κ1) is 12.2. The van der Waals surface area contributed by atoms with Gasteiger partial charge in [0.25, 0.3) is 0 Å². The van der Waals surface area contributed by atoms with Crippen molar-refractivity contribution >= 4 is 11.6 Å². The number of benzene rings is 2. The molecule has 102 valence electrons. The van der Waals surface area contributed by atoms with Gasteiger partial charge in [0.2, 0.25) is 5.91 Å². The largest absolute Gasteiger partial charge is 0.288 e. The predicted octanol–water partition coefficient (Wildman–Crippen LogP) is 3.60. The van der Waals surface area contributed by atoms with Crippen LogP contribution in [0.15, 0.2) is 48.5 Å². The number of hydrogen-bond donors (Lipinski definition) is 0. The average molecular weight is 274 g/mol. The zero-order valence-corrected chi connectivity index (χ0v) is 11.5. The van der Waals surface area contributed by atoms with Crippen LogP contribution in [0.25, 0.3) is 11.1 Å². The van der Waals surface area contributed by atoms with Crippen molar-refractivity contribution in [2.75, 3.05) is 4.90 Å². The molecule has 2 aliphatic heterocycles. The minimum absolute atomic E-state index is 0.0461. The highest BCUT2D eigenvalue weighted by atomic mass is 16.2. The van der Waals surface area contributed by atoms with E-state index in [1.165, 1.54) is 0 Å². The summed E-state index contributed by atoms with van der Waals surface area (Å²) < 4.78 is 0. The van der Waals surface area contributed by atoms with Gasteiger partial charge in [-0.2, -0.15) is 5.26 Å². The number of carbonyl (C=O) groups is 1. The lowest BCUT2D eigenvalue weighted by Crippen LogP contribution is -2.53. The van der Waals surface area contributed by atoms with E-state index < -0.39 is 5.54 Å². The lowest BCUT2D eigenvalue weighted by atomic mass is 9.74. The number of nitriles is 1. The van der Waals surface area contributed by atoms with Gasteiger partial charge in [-0.25, -0.2) is 0 Å². The summed E-state index contributed by atoms with van der Waals surface area (Å²) in [6.45, 7) is 0. The van der Waals surface area contributed by atoms with E-state index in [0.29, 0.717) is 12.8 Å². The first-order valence-corrected chi connectivity index (χ1v) is 7.21. The molecule has 0 saturated carbocycles. The molecule has 0 radical (unpaired) electrons. The number of amides is 1. The Balaban J connectivity index is 2.11. The van der Waals surface area contributed by atoms with Crippen LogP contribution in [-0.4, -0.2) is 5.91 Å². The number of rotatable bonds is 0. The van der Waals surface area contributed by atoms with Crippen LogP contribution in [0.5, 0.6) is 0 Å². The molecule has 0 aliphatic carbocycles. The molecule has 0 N–H and O–H groups in total. The maximum atomic E-state index is 12.5. The number of piperidine rings is 1. The fourth-order valence-electron chi connectivity index (χ4n) is 3.67. The maximum Gasteiger partial charge on any atom is 0.228 e. The van der Waals surface area contributed by atoms with Gasteiger partial charge in [0, 0.05) is 17.5 Å². The average Bonchev–Trinajstić information content (AvgIpc) is 2.55. The number of hydrogen-bond acceptors (Lipinski definition) is 2. The molecule has 1 amide bonds. The van der Waals surface area contributed by atoms with Crippen molar-refractivity contribution in [2.45, 2.75) is 24.8 Å². The third-order valence-electron chi connectivity index (χ3n) is 4.55. The molecule has 2 aliphatic rings. The summed E-state index contributed by atoms with van der Waals surface area (Å²) >= 11 is 0. The van der Waals surface area contributed by atoms with E-state index >= 15 is 0 Å². The Labute approximate surface area is 123 Å². The van der Waals surface area contributed by atoms with Gasteiger partial charge in [0.05, 0.1) is 11.8 Å². The van der Waals surface area contributed by atoms with E-state index in [1.54, 1.807) is 4.90 Å². The quantitative estimate of drug-likeness (QED) is 0.736. The van der Waals surface area contributed by atoms with Gasteiger partial charge >= 0.3 is 0 Å². The SMILES string of the molecule is N#CC12CCCC(=O)N1c1ccccc1-c1ccccc12. The van der Waals surface area contributed by atoms with Crippen LogP contribution >= 0.6 is 0 Å². The molecule has 3 nitrogen and oxygen atoms in total. The summed E-state index contributed by atoms with van der Waals surface area (Å²) in [5.74, 6) is 0.0461. The molecular weight excluding hydrogens is 260 g/mol. The van der Waals surface area contributed by atoms with E-state index in [0.717, 1.165) is 28.8 Å². The second-order valence-electron chi connectivity index (χ2n) is 5.62. The van der Waals surface area contributed by atoms with Gasteiger partial charge in [-0.05, 0) is 24.5 Å². The van der Waals surface area contributed by atoms with Crippen molar-refractivity contribution in [2.24, 2.45) is 0 Å². The van der Waals surface area contributed by atoms with Crippen LogP contribution in [-0.2, 0) is 10.3 Å². The summed E-state index contributed by atoms with van der Waals surface area (Å²) in [7, 11) is 0. The second-order valence-corrected chi connectivity index (χ2v) is 5.62. The van der Waals surface area contributed by atoms with Crippen LogP contribution in [0.4, 0.5) is 5.69 Å². The Bertz CT molecular complexity index is 790. The van der Waals surface area contributed by atoms with Crippen LogP contribution < -0.4 is 4.90 Å². The van der Waals surface area contributed by atoms with Crippen molar-refractivity contribution in [3.05, 3.63) is 54.1 Å². The first-order valence-electron chi connectivity index (χ1n) is 7.21. The number of carbonyl (C=O) groups excluding carboxylic acids is 1. The summed E-state index contributed by atoms with van der Waals surface area (Å²) in [5, 5.41) is 9.92. The number of anilines is 1. The van der Waals surface area contributed by atoms with E-state index in [-0.39, 0.29) is 5.91 Å². The van der Waals surface area contributed by atoms with Crippen LogP contribution in [0, 0.1) is 11.3 Å². The predicted molar refractivity (Wildman–Crippen MR) is 80.5 cm³/mol. The fraction of sp³-hybridized carbons (Fsp3) is 0.222. The number of fused-ring (bicyclic) bond motifs is 6. The highest BCUT2D eigenvalue weighted by molar-refractivity contribution is 6.03. The molecule has 0 spiro atoms. The fourth-order valence-corrected chi connectivity index (χ4v) is 3.67. The molecule has 3 heteroatoms. The van der Waals surface area contributed by atoms with E-state index in [9.17, 15) is 10.1 Å². The first-order chi connectivity index (χ1) is 10.3. The Morgan fingerprint density at radius 1 is 1.05 bits per heavy atom. The van der Waals surface area contributed by atoms with Gasteiger partial charge in [0.15, 0.2) is 5.54 Å². The molecule has 1 fully saturated rings. The maximum absolute atomic E-state index is 12.5. The zero-order valence-electron chi connectivity index (χ0n) is 11.5. The Hall–Kier alpha value is -2.60. The Morgan fingerprint density at radius 2 is 1.76 bits per heavy atom. The van der Waals surface area contributed by atoms with Gasteiger partial charge in [-0.15, -0.1) is 0 Å². The lowest BCUT2D eigenvalue weighted by molar-refractivity contribution is -0.121. The zero-order chi connectivity index (χ0) is 14.4. The minimum atomic E-state index is -0.847. The van der Waals surface area contributed by atoms with Gasteiger partial charge in [-0.1, -0.05) is 42.5 Å². The van der Waals surface area contributed by atoms with Crippen molar-refractivity contribution in [3.8, 4) is 17.2 Å². The standard InChI is InChI=1S/C18H14N2O/c19-12-18-11-5-10-17(21)20(18)16-9-4-2-7-14(16)13-6-1-3-8-15(13)18/h1-4,6-9H,5,10-11H2. The van der Waals surface area contributed by atoms with Crippen LogP contribution in [0.3, 0.4) is 0 Å². The summed E-state index contributed by atoms with van der Waals surface area (Å²) in [5.41, 5.74) is 3.08. The van der Waals surface area contributed by atoms with E-state index in [4.69, 9.17) is 0 Å². The van der Waals surface area contributed by atoms with Gasteiger partial charge in [-0.3, -0.25) is 9.69 Å². The third-order valence-corrected chi connectivity index (χ3v) is 4.55. The lowest BCUT2D eigenvalue weighted by Gasteiger charge is -2.47. The van der Waals surface area contributed by atoms with E-state index in [2.05, 4.69) is 6.07 Å². The minimum Gasteiger partial charge on any atom is -0.288 e. The normalized spacial score (nSPS) is 22.8. The van der Waals surface area contributed by atoms with Gasteiger partial charge < -0.3 is 0 Å². The molecule has 2 aromatic rings. The smallest absolute Gasteiger partial charge is 0.228 e. The molecule has 21 heavy (non-hydrogen) atoms. The van der Waals surface area contributed by atoms with Crippen molar-refractivity contribution in [1.82, 2.24) is 0 Å². The van der Waals surface area contributed by atoms with Gasteiger partial charge in [0.1, 0.15) is 0 Å². The molecular formula is C18H14N2O. The summed E-state index contributed by atoms with van der Waals surface area (Å²) in [6, 6.07) is 18.3. The topological polar surface area (TPSA) is 44.1 Å². The molecule has 1 unspecified atom stereocenters. The highest BCUT2D eigenvalue weighted by Gasteiger charge is 2.49. The Kier molecular flexibility index (Phi) is 2.43. The molecule has 2 aromatic carbocycles. The van der Waals surface area contributed by atoms with Crippen LogP contribution in [0.2, 0.25) is 0 Å². The second kappa shape index (κ2) is 4.20. The molecule has 1 atom stereocenters. The Morgan fingerprint density at radius 3 is 2.57 bits per heavy atom.